The summed E-state index contributed by atoms with van der Waals surface area (Å²) in [4.78, 5) is 56.5. The molecule has 1 aliphatic rings. The number of ether oxygens (including phenoxy) is 2. The van der Waals surface area contributed by atoms with Crippen LogP contribution in [0.5, 0.6) is 5.75 Å². The van der Waals surface area contributed by atoms with E-state index >= 15 is 0 Å². The third-order valence-corrected chi connectivity index (χ3v) is 7.95. The molecule has 5 rings (SSSR count). The van der Waals surface area contributed by atoms with Gasteiger partial charge < -0.3 is 24.6 Å². The van der Waals surface area contributed by atoms with E-state index in [0.29, 0.717) is 28.3 Å². The average Bonchev–Trinajstić information content (AvgIpc) is 3.10. The summed E-state index contributed by atoms with van der Waals surface area (Å²) in [7, 11) is 1.58. The van der Waals surface area contributed by atoms with Gasteiger partial charge in [0.1, 0.15) is 17.4 Å². The van der Waals surface area contributed by atoms with Crippen molar-refractivity contribution < 1.29 is 28.7 Å². The zero-order valence-corrected chi connectivity index (χ0v) is 27.3. The van der Waals surface area contributed by atoms with Crippen molar-refractivity contribution in [2.75, 3.05) is 23.5 Å². The number of carbonyl (C=O) groups is 4. The maximum Gasteiger partial charge on any atom is 0.408 e. The Bertz CT molecular complexity index is 1800. The van der Waals surface area contributed by atoms with Crippen LogP contribution in [0.3, 0.4) is 0 Å². The summed E-state index contributed by atoms with van der Waals surface area (Å²) in [6, 6.07) is 22.0. The van der Waals surface area contributed by atoms with Gasteiger partial charge in [-0.2, -0.15) is 0 Å². The fourth-order valence-corrected chi connectivity index (χ4v) is 5.74. The first-order valence-electron chi connectivity index (χ1n) is 14.4. The van der Waals surface area contributed by atoms with Gasteiger partial charge in [-0.3, -0.25) is 14.4 Å². The quantitative estimate of drug-likeness (QED) is 0.224. The number of hydrogen-bond donors (Lipinski definition) is 1. The minimum Gasteiger partial charge on any atom is -0.496 e. The van der Waals surface area contributed by atoms with E-state index in [1.807, 2.05) is 30.3 Å². The Balaban J connectivity index is 1.63. The standard InChI is InChI=1S/C35H34BrN3O6/c1-21(40)22-10-12-23(13-11-22)32(41)39-20-28(37-34(43)45-35(2,3)4)33(42)38(29-8-6-7-9-30(29)39)19-27-26-16-15-25(36)18-24(26)14-17-31(27)44-5/h6-18,28H,19-20H2,1-5H3,(H,37,43). The van der Waals surface area contributed by atoms with Gasteiger partial charge in [0.2, 0.25) is 0 Å². The van der Waals surface area contributed by atoms with E-state index in [0.717, 1.165) is 20.8 Å². The van der Waals surface area contributed by atoms with E-state index in [1.165, 1.54) is 11.8 Å². The number of para-hydroxylation sites is 2. The lowest BCUT2D eigenvalue weighted by atomic mass is 10.0. The molecule has 0 fully saturated rings. The van der Waals surface area contributed by atoms with Crippen molar-refractivity contribution in [2.45, 2.75) is 45.9 Å². The van der Waals surface area contributed by atoms with Crippen molar-refractivity contribution in [3.63, 3.8) is 0 Å². The number of carbonyl (C=O) groups excluding carboxylic acids is 4. The number of halogens is 1. The number of nitrogens with one attached hydrogen (secondary N) is 1. The van der Waals surface area contributed by atoms with Crippen LogP contribution in [0.15, 0.2) is 83.3 Å². The van der Waals surface area contributed by atoms with Crippen molar-refractivity contribution in [3.05, 3.63) is 100 Å². The highest BCUT2D eigenvalue weighted by Crippen LogP contribution is 2.38. The molecule has 4 aromatic rings. The molecular formula is C35H34BrN3O6. The minimum atomic E-state index is -1.15. The molecule has 4 aromatic carbocycles. The summed E-state index contributed by atoms with van der Waals surface area (Å²) < 4.78 is 12.2. The molecule has 1 aliphatic heterocycles. The van der Waals surface area contributed by atoms with Gasteiger partial charge in [-0.1, -0.05) is 52.3 Å². The highest BCUT2D eigenvalue weighted by atomic mass is 79.9. The Kier molecular flexibility index (Phi) is 8.97. The molecule has 0 radical (unpaired) electrons. The van der Waals surface area contributed by atoms with Crippen molar-refractivity contribution in [3.8, 4) is 5.75 Å². The summed E-state index contributed by atoms with van der Waals surface area (Å²) in [5.74, 6) is -0.342. The highest BCUT2D eigenvalue weighted by Gasteiger charge is 2.38. The fourth-order valence-electron chi connectivity index (χ4n) is 5.36. The lowest BCUT2D eigenvalue weighted by Gasteiger charge is -2.27. The van der Waals surface area contributed by atoms with E-state index in [2.05, 4.69) is 21.2 Å². The SMILES string of the molecule is COc1ccc2cc(Br)ccc2c1CN1C(=O)C(NC(=O)OC(C)(C)C)CN(C(=O)c2ccc(C(C)=O)cc2)c2ccccc21. The number of ketones is 1. The summed E-state index contributed by atoms with van der Waals surface area (Å²) in [5, 5.41) is 4.56. The molecule has 9 nitrogen and oxygen atoms in total. The van der Waals surface area contributed by atoms with Crippen molar-refractivity contribution in [1.29, 1.82) is 0 Å². The predicted octanol–water partition coefficient (Wildman–Crippen LogP) is 6.90. The molecule has 0 aromatic heterocycles. The second-order valence-electron chi connectivity index (χ2n) is 11.8. The van der Waals surface area contributed by atoms with Crippen LogP contribution in [0.2, 0.25) is 0 Å². The van der Waals surface area contributed by atoms with Gasteiger partial charge in [-0.25, -0.2) is 4.79 Å². The molecule has 10 heteroatoms. The van der Waals surface area contributed by atoms with Crippen LogP contribution in [0.1, 0.15) is 54.0 Å². The molecule has 3 amide bonds. The second-order valence-corrected chi connectivity index (χ2v) is 12.7. The summed E-state index contributed by atoms with van der Waals surface area (Å²) >= 11 is 3.53. The number of alkyl carbamates (subject to hydrolysis) is 1. The summed E-state index contributed by atoms with van der Waals surface area (Å²) in [5.41, 5.74) is 1.74. The van der Waals surface area contributed by atoms with Crippen molar-refractivity contribution in [1.82, 2.24) is 5.32 Å². The number of methoxy groups -OCH3 is 1. The monoisotopic (exact) mass is 671 g/mol. The average molecular weight is 673 g/mol. The van der Waals surface area contributed by atoms with Crippen LogP contribution in [-0.2, 0) is 16.1 Å². The number of benzene rings is 4. The minimum absolute atomic E-state index is 0.0971. The molecule has 0 spiro atoms. The number of anilines is 2. The number of hydrogen-bond acceptors (Lipinski definition) is 6. The van der Waals surface area contributed by atoms with E-state index in [-0.39, 0.29) is 18.9 Å². The first-order valence-corrected chi connectivity index (χ1v) is 15.2. The number of Topliss-reactive ketones (excluding diaryl/α,β-unsaturated/α-hetero) is 1. The van der Waals surface area contributed by atoms with Gasteiger partial charge in [0, 0.05) is 21.2 Å². The molecule has 0 saturated carbocycles. The van der Waals surface area contributed by atoms with Crippen LogP contribution in [0.4, 0.5) is 16.2 Å². The van der Waals surface area contributed by atoms with Crippen LogP contribution in [0.25, 0.3) is 10.8 Å². The fraction of sp³-hybridized carbons (Fsp3) is 0.257. The van der Waals surface area contributed by atoms with Crippen molar-refractivity contribution >= 4 is 61.8 Å². The van der Waals surface area contributed by atoms with Crippen LogP contribution in [-0.4, -0.2) is 49.0 Å². The first kappa shape index (κ1) is 31.7. The van der Waals surface area contributed by atoms with Gasteiger partial charge in [-0.05, 0) is 80.9 Å². The molecule has 1 unspecified atom stereocenters. The number of amides is 3. The van der Waals surface area contributed by atoms with E-state index in [4.69, 9.17) is 9.47 Å². The molecule has 232 valence electrons. The highest BCUT2D eigenvalue weighted by molar-refractivity contribution is 9.10. The van der Waals surface area contributed by atoms with Gasteiger partial charge >= 0.3 is 6.09 Å². The third kappa shape index (κ3) is 6.86. The first-order chi connectivity index (χ1) is 21.4. The zero-order chi connectivity index (χ0) is 32.5. The molecular weight excluding hydrogens is 638 g/mol. The lowest BCUT2D eigenvalue weighted by molar-refractivity contribution is -0.120. The van der Waals surface area contributed by atoms with E-state index < -0.39 is 29.6 Å². The molecule has 0 bridgehead atoms. The van der Waals surface area contributed by atoms with Crippen LogP contribution in [0, 0.1) is 0 Å². The van der Waals surface area contributed by atoms with Crippen LogP contribution >= 0.6 is 15.9 Å². The topological polar surface area (TPSA) is 105 Å². The van der Waals surface area contributed by atoms with E-state index in [1.54, 1.807) is 81.3 Å². The largest absolute Gasteiger partial charge is 0.496 e. The number of fused-ring (bicyclic) bond motifs is 2. The third-order valence-electron chi connectivity index (χ3n) is 7.45. The summed E-state index contributed by atoms with van der Waals surface area (Å²) in [6.45, 7) is 6.59. The van der Waals surface area contributed by atoms with Crippen molar-refractivity contribution in [2.24, 2.45) is 0 Å². The Morgan fingerprint density at radius 2 is 1.60 bits per heavy atom. The maximum absolute atomic E-state index is 14.5. The smallest absolute Gasteiger partial charge is 0.408 e. The number of nitrogens with zero attached hydrogens (tertiary/aromatic N) is 2. The Hall–Kier alpha value is -4.70. The normalized spacial score (nSPS) is 14.9. The molecule has 1 atom stereocenters. The molecule has 45 heavy (non-hydrogen) atoms. The Labute approximate surface area is 270 Å². The predicted molar refractivity (Wildman–Crippen MR) is 177 cm³/mol. The lowest BCUT2D eigenvalue weighted by Crippen LogP contribution is -2.53. The summed E-state index contributed by atoms with van der Waals surface area (Å²) in [6.07, 6.45) is -0.780. The Morgan fingerprint density at radius 3 is 2.24 bits per heavy atom. The van der Waals surface area contributed by atoms with E-state index in [9.17, 15) is 19.2 Å². The number of rotatable bonds is 6. The van der Waals surface area contributed by atoms with Gasteiger partial charge in [0.05, 0.1) is 31.6 Å². The van der Waals surface area contributed by atoms with Gasteiger partial charge in [-0.15, -0.1) is 0 Å². The molecule has 1 heterocycles. The zero-order valence-electron chi connectivity index (χ0n) is 25.7. The molecule has 1 N–H and O–H groups in total. The second kappa shape index (κ2) is 12.7. The Morgan fingerprint density at radius 1 is 0.933 bits per heavy atom. The molecule has 0 saturated heterocycles. The molecule has 0 aliphatic carbocycles. The van der Waals surface area contributed by atoms with Gasteiger partial charge in [0.15, 0.2) is 5.78 Å². The van der Waals surface area contributed by atoms with Crippen LogP contribution < -0.4 is 19.9 Å². The van der Waals surface area contributed by atoms with Gasteiger partial charge in [0.25, 0.3) is 11.8 Å². The maximum atomic E-state index is 14.5.